The normalized spacial score (nSPS) is 9.70. The van der Waals surface area contributed by atoms with Gasteiger partial charge in [-0.05, 0) is 32.0 Å². The molecule has 1 aromatic carbocycles. The van der Waals surface area contributed by atoms with E-state index in [9.17, 15) is 9.59 Å². The monoisotopic (exact) mass is 274 g/mol. The summed E-state index contributed by atoms with van der Waals surface area (Å²) < 4.78 is 4.98. The van der Waals surface area contributed by atoms with Gasteiger partial charge in [-0.3, -0.25) is 0 Å². The van der Waals surface area contributed by atoms with Crippen molar-refractivity contribution >= 4 is 17.7 Å². The van der Waals surface area contributed by atoms with Crippen LogP contribution in [-0.4, -0.2) is 24.6 Å². The number of terminal acetylenes is 1. The minimum absolute atomic E-state index is 0.0342. The fraction of sp³-hybridized carbons (Fsp3) is 0.333. The average Bonchev–Trinajstić information content (AvgIpc) is 2.38. The van der Waals surface area contributed by atoms with Gasteiger partial charge < -0.3 is 15.4 Å². The summed E-state index contributed by atoms with van der Waals surface area (Å²) in [5.41, 5.74) is 0.888. The Labute approximate surface area is 118 Å². The highest BCUT2D eigenvalue weighted by molar-refractivity contribution is 5.93. The fourth-order valence-electron chi connectivity index (χ4n) is 1.44. The van der Waals surface area contributed by atoms with Gasteiger partial charge >= 0.3 is 12.0 Å². The number of hydrogen-bond acceptors (Lipinski definition) is 3. The van der Waals surface area contributed by atoms with Crippen LogP contribution >= 0.6 is 0 Å². The van der Waals surface area contributed by atoms with E-state index >= 15 is 0 Å². The summed E-state index contributed by atoms with van der Waals surface area (Å²) in [5, 5.41) is 5.34. The van der Waals surface area contributed by atoms with Crippen molar-refractivity contribution in [3.63, 3.8) is 0 Å². The van der Waals surface area contributed by atoms with E-state index in [1.54, 1.807) is 24.3 Å². The van der Waals surface area contributed by atoms with E-state index in [4.69, 9.17) is 11.2 Å². The highest BCUT2D eigenvalue weighted by Crippen LogP contribution is 2.11. The van der Waals surface area contributed by atoms with Crippen LogP contribution in [0.2, 0.25) is 0 Å². The Morgan fingerprint density at radius 3 is 2.80 bits per heavy atom. The third-order valence-electron chi connectivity index (χ3n) is 2.26. The lowest BCUT2D eigenvalue weighted by molar-refractivity contribution is 0.0513. The molecule has 0 aliphatic heterocycles. The van der Waals surface area contributed by atoms with Gasteiger partial charge in [-0.25, -0.2) is 9.59 Å². The molecule has 2 amide bonds. The van der Waals surface area contributed by atoms with Gasteiger partial charge in [-0.15, -0.1) is 12.3 Å². The van der Waals surface area contributed by atoms with E-state index in [-0.39, 0.29) is 18.7 Å². The van der Waals surface area contributed by atoms with Crippen LogP contribution in [0.1, 0.15) is 30.6 Å². The Morgan fingerprint density at radius 2 is 2.15 bits per heavy atom. The molecule has 1 rings (SSSR count). The predicted molar refractivity (Wildman–Crippen MR) is 77.5 cm³/mol. The van der Waals surface area contributed by atoms with Crippen LogP contribution in [-0.2, 0) is 4.74 Å². The SMILES string of the molecule is C#CCCOC(=O)c1cccc(NC(=O)NC(C)C)c1. The molecule has 20 heavy (non-hydrogen) atoms. The first-order chi connectivity index (χ1) is 9.52. The van der Waals surface area contributed by atoms with E-state index in [0.717, 1.165) is 0 Å². The van der Waals surface area contributed by atoms with Crippen molar-refractivity contribution in [2.75, 3.05) is 11.9 Å². The van der Waals surface area contributed by atoms with Crippen LogP contribution in [0.4, 0.5) is 10.5 Å². The van der Waals surface area contributed by atoms with Gasteiger partial charge in [0.05, 0.1) is 5.56 Å². The summed E-state index contributed by atoms with van der Waals surface area (Å²) in [7, 11) is 0. The molecule has 106 valence electrons. The second-order valence-corrected chi connectivity index (χ2v) is 4.42. The summed E-state index contributed by atoms with van der Waals surface area (Å²) in [6.07, 6.45) is 5.45. The summed E-state index contributed by atoms with van der Waals surface area (Å²) in [4.78, 5) is 23.3. The topological polar surface area (TPSA) is 67.4 Å². The molecule has 0 unspecified atom stereocenters. The quantitative estimate of drug-likeness (QED) is 0.492. The standard InChI is InChI=1S/C15H18N2O3/c1-4-5-9-20-14(18)12-7-6-8-13(10-12)17-15(19)16-11(2)3/h1,6-8,10-11H,5,9H2,2-3H3,(H2,16,17,19). The first kappa shape index (κ1) is 15.6. The number of rotatable bonds is 5. The second kappa shape index (κ2) is 7.85. The predicted octanol–water partition coefficient (Wildman–Crippen LogP) is 2.40. The number of nitrogens with one attached hydrogen (secondary N) is 2. The lowest BCUT2D eigenvalue weighted by Crippen LogP contribution is -2.34. The summed E-state index contributed by atoms with van der Waals surface area (Å²) >= 11 is 0. The van der Waals surface area contributed by atoms with Gasteiger partial charge in [0.2, 0.25) is 0 Å². The maximum Gasteiger partial charge on any atom is 0.338 e. The molecule has 0 spiro atoms. The van der Waals surface area contributed by atoms with Gasteiger partial charge in [-0.1, -0.05) is 6.07 Å². The Kier molecular flexibility index (Phi) is 6.11. The molecule has 1 aromatic rings. The minimum atomic E-state index is -0.465. The van der Waals surface area contributed by atoms with E-state index in [0.29, 0.717) is 17.7 Å². The van der Waals surface area contributed by atoms with E-state index in [1.807, 2.05) is 13.8 Å². The maximum atomic E-state index is 11.7. The number of urea groups is 1. The minimum Gasteiger partial charge on any atom is -0.461 e. The van der Waals surface area contributed by atoms with Crippen LogP contribution < -0.4 is 10.6 Å². The first-order valence-corrected chi connectivity index (χ1v) is 6.31. The van der Waals surface area contributed by atoms with Crippen molar-refractivity contribution in [3.8, 4) is 12.3 Å². The van der Waals surface area contributed by atoms with Crippen LogP contribution in [0.25, 0.3) is 0 Å². The number of carbonyl (C=O) groups excluding carboxylic acids is 2. The van der Waals surface area contributed by atoms with Crippen LogP contribution in [0.15, 0.2) is 24.3 Å². The Morgan fingerprint density at radius 1 is 1.40 bits per heavy atom. The molecule has 0 bridgehead atoms. The Balaban J connectivity index is 2.63. The van der Waals surface area contributed by atoms with Crippen molar-refractivity contribution in [1.29, 1.82) is 0 Å². The highest BCUT2D eigenvalue weighted by Gasteiger charge is 2.09. The molecule has 0 saturated carbocycles. The van der Waals surface area contributed by atoms with Gasteiger partial charge in [0.15, 0.2) is 0 Å². The lowest BCUT2D eigenvalue weighted by atomic mass is 10.2. The average molecular weight is 274 g/mol. The van der Waals surface area contributed by atoms with E-state index < -0.39 is 5.97 Å². The molecule has 0 atom stereocenters. The lowest BCUT2D eigenvalue weighted by Gasteiger charge is -2.10. The fourth-order valence-corrected chi connectivity index (χ4v) is 1.44. The number of benzene rings is 1. The first-order valence-electron chi connectivity index (χ1n) is 6.31. The number of ether oxygens (including phenoxy) is 1. The molecule has 5 nitrogen and oxygen atoms in total. The second-order valence-electron chi connectivity index (χ2n) is 4.42. The third-order valence-corrected chi connectivity index (χ3v) is 2.26. The van der Waals surface area contributed by atoms with E-state index in [2.05, 4.69) is 16.6 Å². The summed E-state index contributed by atoms with van der Waals surface area (Å²) in [6.45, 7) is 3.90. The molecule has 0 heterocycles. The number of anilines is 1. The van der Waals surface area contributed by atoms with Crippen LogP contribution in [0, 0.1) is 12.3 Å². The number of esters is 1. The molecule has 5 heteroatoms. The molecule has 0 aliphatic carbocycles. The number of hydrogen-bond donors (Lipinski definition) is 2. The number of carbonyl (C=O) groups is 2. The third kappa shape index (κ3) is 5.44. The van der Waals surface area contributed by atoms with Gasteiger partial charge in [0, 0.05) is 18.2 Å². The van der Waals surface area contributed by atoms with Crippen molar-refractivity contribution in [1.82, 2.24) is 5.32 Å². The smallest absolute Gasteiger partial charge is 0.338 e. The Bertz CT molecular complexity index is 518. The van der Waals surface area contributed by atoms with Gasteiger partial charge in [0.25, 0.3) is 0 Å². The highest BCUT2D eigenvalue weighted by atomic mass is 16.5. The number of amides is 2. The van der Waals surface area contributed by atoms with Crippen molar-refractivity contribution in [3.05, 3.63) is 29.8 Å². The van der Waals surface area contributed by atoms with Crippen molar-refractivity contribution in [2.24, 2.45) is 0 Å². The van der Waals surface area contributed by atoms with Crippen LogP contribution in [0.3, 0.4) is 0 Å². The largest absolute Gasteiger partial charge is 0.461 e. The maximum absolute atomic E-state index is 11.7. The summed E-state index contributed by atoms with van der Waals surface area (Å²) in [6, 6.07) is 6.24. The van der Waals surface area contributed by atoms with Gasteiger partial charge in [0.1, 0.15) is 6.61 Å². The van der Waals surface area contributed by atoms with Gasteiger partial charge in [-0.2, -0.15) is 0 Å². The zero-order valence-corrected chi connectivity index (χ0v) is 11.6. The molecule has 0 saturated heterocycles. The summed E-state index contributed by atoms with van der Waals surface area (Å²) in [5.74, 6) is 1.92. The molecule has 0 fully saturated rings. The zero-order chi connectivity index (χ0) is 15.0. The van der Waals surface area contributed by atoms with Crippen LogP contribution in [0.5, 0.6) is 0 Å². The van der Waals surface area contributed by atoms with Crippen molar-refractivity contribution < 1.29 is 14.3 Å². The molecule has 2 N–H and O–H groups in total. The molecular weight excluding hydrogens is 256 g/mol. The Hall–Kier alpha value is -2.48. The zero-order valence-electron chi connectivity index (χ0n) is 11.6. The molecular formula is C15H18N2O3. The molecule has 0 radical (unpaired) electrons. The molecule has 0 aliphatic rings. The molecule has 0 aromatic heterocycles. The van der Waals surface area contributed by atoms with E-state index in [1.165, 1.54) is 0 Å². The van der Waals surface area contributed by atoms with Crippen molar-refractivity contribution in [2.45, 2.75) is 26.3 Å².